The van der Waals surface area contributed by atoms with Gasteiger partial charge in [0.1, 0.15) is 6.07 Å². The Morgan fingerprint density at radius 2 is 2.08 bits per heavy atom. The van der Waals surface area contributed by atoms with Crippen LogP contribution >= 0.6 is 0 Å². The van der Waals surface area contributed by atoms with E-state index in [2.05, 4.69) is 16.3 Å². The summed E-state index contributed by atoms with van der Waals surface area (Å²) < 4.78 is 1.93. The number of benzene rings is 1. The molecule has 0 amide bonds. The largest absolute Gasteiger partial charge is 0.378 e. The Bertz CT molecular complexity index is 831. The second-order valence-corrected chi connectivity index (χ2v) is 5.16. The summed E-state index contributed by atoms with van der Waals surface area (Å²) in [4.78, 5) is 1.96. The van der Waals surface area contributed by atoms with Crippen molar-refractivity contribution in [1.82, 2.24) is 4.57 Å². The van der Waals surface area contributed by atoms with Crippen LogP contribution in [0.3, 0.4) is 0 Å². The van der Waals surface area contributed by atoms with E-state index in [1.807, 2.05) is 66.2 Å². The van der Waals surface area contributed by atoms with Gasteiger partial charge in [0.2, 0.25) is 5.96 Å². The Morgan fingerprint density at radius 1 is 1.29 bits per heavy atom. The minimum atomic E-state index is -0.0948. The molecule has 1 aromatic carbocycles. The zero-order valence-corrected chi connectivity index (χ0v) is 13.6. The number of nitrogens with zero attached hydrogens (tertiary/aromatic N) is 5. The third kappa shape index (κ3) is 4.01. The number of rotatable bonds is 5. The number of anilines is 1. The molecule has 1 heterocycles. The molecule has 122 valence electrons. The lowest BCUT2D eigenvalue weighted by molar-refractivity contribution is 1.05. The van der Waals surface area contributed by atoms with E-state index in [1.54, 1.807) is 6.08 Å². The van der Waals surface area contributed by atoms with Gasteiger partial charge in [-0.1, -0.05) is 0 Å². The highest BCUT2D eigenvalue weighted by Gasteiger charge is 2.08. The van der Waals surface area contributed by atoms with Crippen molar-refractivity contribution in [1.29, 1.82) is 5.26 Å². The van der Waals surface area contributed by atoms with Crippen molar-refractivity contribution in [3.63, 3.8) is 0 Å². The number of hydrogen-bond acceptors (Lipinski definition) is 4. The number of nitrogens with two attached hydrogens (primary N) is 2. The van der Waals surface area contributed by atoms with Crippen molar-refractivity contribution in [3.8, 4) is 11.8 Å². The van der Waals surface area contributed by atoms with Gasteiger partial charge in [0.15, 0.2) is 0 Å². The zero-order chi connectivity index (χ0) is 17.5. The van der Waals surface area contributed by atoms with Gasteiger partial charge in [-0.3, -0.25) is 0 Å². The molecule has 0 aliphatic rings. The first kappa shape index (κ1) is 16.8. The molecule has 7 nitrogen and oxygen atoms in total. The van der Waals surface area contributed by atoms with Crippen LogP contribution in [0.4, 0.5) is 5.69 Å². The molecule has 0 spiro atoms. The molecule has 4 N–H and O–H groups in total. The van der Waals surface area contributed by atoms with E-state index >= 15 is 0 Å². The van der Waals surface area contributed by atoms with Crippen LogP contribution in [-0.4, -0.2) is 30.8 Å². The summed E-state index contributed by atoms with van der Waals surface area (Å²) in [6.07, 6.45) is 6.96. The molecule has 0 unspecified atom stereocenters. The molecule has 1 aromatic heterocycles. The fourth-order valence-corrected chi connectivity index (χ4v) is 2.13. The lowest BCUT2D eigenvalue weighted by atomic mass is 10.1. The Morgan fingerprint density at radius 3 is 2.75 bits per heavy atom. The molecule has 0 aliphatic heterocycles. The Labute approximate surface area is 140 Å². The van der Waals surface area contributed by atoms with Gasteiger partial charge in [-0.25, -0.2) is 0 Å². The number of aromatic nitrogens is 1. The summed E-state index contributed by atoms with van der Waals surface area (Å²) in [6.45, 7) is 0. The predicted octanol–water partition coefficient (Wildman–Crippen LogP) is 1.69. The summed E-state index contributed by atoms with van der Waals surface area (Å²) in [5.74, 6) is -0.0948. The Kier molecular flexibility index (Phi) is 5.36. The van der Waals surface area contributed by atoms with E-state index in [0.717, 1.165) is 17.1 Å². The summed E-state index contributed by atoms with van der Waals surface area (Å²) in [5.41, 5.74) is 13.7. The second-order valence-electron chi connectivity index (χ2n) is 5.16. The molecular formula is C17H19N7. The molecule has 0 bridgehead atoms. The van der Waals surface area contributed by atoms with Crippen LogP contribution in [-0.2, 0) is 0 Å². The number of guanidine groups is 1. The maximum absolute atomic E-state index is 9.45. The number of nitriles is 1. The predicted molar refractivity (Wildman–Crippen MR) is 98.1 cm³/mol. The first-order chi connectivity index (χ1) is 11.5. The summed E-state index contributed by atoms with van der Waals surface area (Å²) in [7, 11) is 3.88. The van der Waals surface area contributed by atoms with Gasteiger partial charge in [-0.05, 0) is 42.5 Å². The zero-order valence-electron chi connectivity index (χ0n) is 13.6. The monoisotopic (exact) mass is 321 g/mol. The van der Waals surface area contributed by atoms with Gasteiger partial charge >= 0.3 is 0 Å². The van der Waals surface area contributed by atoms with Crippen molar-refractivity contribution in [2.45, 2.75) is 0 Å². The minimum Gasteiger partial charge on any atom is -0.378 e. The summed E-state index contributed by atoms with van der Waals surface area (Å²) in [5, 5.41) is 16.7. The molecule has 0 radical (unpaired) electrons. The van der Waals surface area contributed by atoms with E-state index < -0.39 is 0 Å². The van der Waals surface area contributed by atoms with Gasteiger partial charge < -0.3 is 20.9 Å². The topological polar surface area (TPSA) is 109 Å². The maximum Gasteiger partial charge on any atom is 0.211 e. The summed E-state index contributed by atoms with van der Waals surface area (Å²) >= 11 is 0. The highest BCUT2D eigenvalue weighted by Crippen LogP contribution is 2.23. The van der Waals surface area contributed by atoms with Crippen LogP contribution < -0.4 is 16.4 Å². The van der Waals surface area contributed by atoms with Crippen molar-refractivity contribution >= 4 is 23.9 Å². The molecule has 7 heteroatoms. The van der Waals surface area contributed by atoms with E-state index in [4.69, 9.17) is 11.5 Å². The average Bonchev–Trinajstić information content (AvgIpc) is 3.01. The molecule has 0 fully saturated rings. The smallest absolute Gasteiger partial charge is 0.211 e. The first-order valence-electron chi connectivity index (χ1n) is 7.20. The molecule has 0 saturated carbocycles. The van der Waals surface area contributed by atoms with E-state index in [9.17, 15) is 5.26 Å². The van der Waals surface area contributed by atoms with E-state index in [1.165, 1.54) is 6.21 Å². The number of hydrogen-bond donors (Lipinski definition) is 2. The van der Waals surface area contributed by atoms with Crippen molar-refractivity contribution in [2.75, 3.05) is 19.0 Å². The fourth-order valence-electron chi connectivity index (χ4n) is 2.13. The third-order valence-electron chi connectivity index (χ3n) is 3.25. The average molecular weight is 321 g/mol. The van der Waals surface area contributed by atoms with Gasteiger partial charge in [0, 0.05) is 37.9 Å². The number of allylic oxidation sites excluding steroid dienone is 1. The Balaban J connectivity index is 2.34. The quantitative estimate of drug-likeness (QED) is 0.496. The SMILES string of the molecule is CN(C)c1ccc(-n2cccc2/C=C/C=N/N=C(N)N)c(C#N)c1. The van der Waals surface area contributed by atoms with Crippen LogP contribution in [0.15, 0.2) is 52.8 Å². The molecule has 0 aliphatic carbocycles. The normalized spacial score (nSPS) is 10.9. The first-order valence-corrected chi connectivity index (χ1v) is 7.20. The van der Waals surface area contributed by atoms with Crippen molar-refractivity contribution in [3.05, 3.63) is 53.9 Å². The van der Waals surface area contributed by atoms with Crippen molar-refractivity contribution in [2.24, 2.45) is 21.7 Å². The lowest BCUT2D eigenvalue weighted by Gasteiger charge is -2.15. The van der Waals surface area contributed by atoms with Crippen LogP contribution in [0.1, 0.15) is 11.3 Å². The van der Waals surface area contributed by atoms with Crippen LogP contribution in [0.2, 0.25) is 0 Å². The van der Waals surface area contributed by atoms with Gasteiger partial charge in [0.05, 0.1) is 11.3 Å². The summed E-state index contributed by atoms with van der Waals surface area (Å²) in [6, 6.07) is 11.9. The molecule has 0 atom stereocenters. The third-order valence-corrected chi connectivity index (χ3v) is 3.25. The van der Waals surface area contributed by atoms with Gasteiger partial charge in [-0.2, -0.15) is 10.4 Å². The Hall–Kier alpha value is -3.53. The van der Waals surface area contributed by atoms with E-state index in [-0.39, 0.29) is 5.96 Å². The molecule has 24 heavy (non-hydrogen) atoms. The van der Waals surface area contributed by atoms with Crippen LogP contribution in [0.5, 0.6) is 0 Å². The maximum atomic E-state index is 9.45. The van der Waals surface area contributed by atoms with Gasteiger partial charge in [-0.15, -0.1) is 5.10 Å². The minimum absolute atomic E-state index is 0.0948. The molecule has 0 saturated heterocycles. The highest BCUT2D eigenvalue weighted by atomic mass is 15.3. The fraction of sp³-hybridized carbons (Fsp3) is 0.118. The highest BCUT2D eigenvalue weighted by molar-refractivity contribution is 5.80. The molecule has 2 aromatic rings. The molecule has 2 rings (SSSR count). The standard InChI is InChI=1S/C17H19N7/c1-23(2)15-7-8-16(13(11-15)12-18)24-10-4-6-14(24)5-3-9-21-22-17(19)20/h3-11H,1-2H3,(H4,19,20,22)/b5-3+,21-9+. The van der Waals surface area contributed by atoms with E-state index in [0.29, 0.717) is 5.56 Å². The van der Waals surface area contributed by atoms with Crippen LogP contribution in [0, 0.1) is 11.3 Å². The van der Waals surface area contributed by atoms with Crippen molar-refractivity contribution < 1.29 is 0 Å². The molecular weight excluding hydrogens is 302 g/mol. The lowest BCUT2D eigenvalue weighted by Crippen LogP contribution is -2.21. The second kappa shape index (κ2) is 7.65. The van der Waals surface area contributed by atoms with Crippen LogP contribution in [0.25, 0.3) is 11.8 Å². The van der Waals surface area contributed by atoms with Gasteiger partial charge in [0.25, 0.3) is 0 Å².